The molecule has 0 unspecified atom stereocenters. The highest BCUT2D eigenvalue weighted by Gasteiger charge is 2.84. The molecule has 2 N–H and O–H groups in total. The maximum absolute atomic E-state index is 13.1. The van der Waals surface area contributed by atoms with E-state index in [2.05, 4.69) is 18.7 Å². The summed E-state index contributed by atoms with van der Waals surface area (Å²) >= 11 is 0. The van der Waals surface area contributed by atoms with E-state index < -0.39 is 17.6 Å². The van der Waals surface area contributed by atoms with Gasteiger partial charge in [-0.25, -0.2) is 0 Å². The molecule has 11 atom stereocenters. The average Bonchev–Trinajstić information content (AvgIpc) is 2.73. The largest absolute Gasteiger partial charge is 0.462 e. The van der Waals surface area contributed by atoms with Gasteiger partial charge in [0.1, 0.15) is 6.10 Å². The second-order valence-corrected chi connectivity index (χ2v) is 10.8. The van der Waals surface area contributed by atoms with Gasteiger partial charge < -0.3 is 19.7 Å². The van der Waals surface area contributed by atoms with Gasteiger partial charge in [-0.1, -0.05) is 13.8 Å². The fraction of sp³-hybridized carbons (Fsp3) is 0.955. The van der Waals surface area contributed by atoms with Crippen molar-refractivity contribution in [3.05, 3.63) is 0 Å². The molecule has 156 valence electrons. The van der Waals surface area contributed by atoms with Crippen molar-refractivity contribution >= 4 is 5.97 Å². The average molecular weight is 392 g/mol. The van der Waals surface area contributed by atoms with E-state index in [9.17, 15) is 15.0 Å². The van der Waals surface area contributed by atoms with E-state index in [1.807, 2.05) is 0 Å². The molecule has 6 nitrogen and oxygen atoms in total. The van der Waals surface area contributed by atoms with Gasteiger partial charge in [0.25, 0.3) is 0 Å². The van der Waals surface area contributed by atoms with Gasteiger partial charge in [-0.3, -0.25) is 9.69 Å². The van der Waals surface area contributed by atoms with Gasteiger partial charge in [0.05, 0.1) is 23.7 Å². The van der Waals surface area contributed by atoms with Crippen LogP contribution in [0.15, 0.2) is 0 Å². The number of fused-ring (bicyclic) bond motifs is 2. The Balaban J connectivity index is 1.66. The van der Waals surface area contributed by atoms with Crippen LogP contribution in [0.2, 0.25) is 0 Å². The highest BCUT2D eigenvalue weighted by molar-refractivity contribution is 5.77. The van der Waals surface area contributed by atoms with Gasteiger partial charge in [0.2, 0.25) is 0 Å². The maximum atomic E-state index is 13.1. The number of rotatable bonds is 2. The Hall–Kier alpha value is -0.690. The zero-order valence-corrected chi connectivity index (χ0v) is 17.1. The lowest BCUT2D eigenvalue weighted by Crippen LogP contribution is -2.76. The van der Waals surface area contributed by atoms with Crippen LogP contribution in [0.4, 0.5) is 0 Å². The Labute approximate surface area is 166 Å². The minimum absolute atomic E-state index is 0.0123. The van der Waals surface area contributed by atoms with Crippen molar-refractivity contribution in [2.45, 2.75) is 75.9 Å². The van der Waals surface area contributed by atoms with Crippen LogP contribution < -0.4 is 0 Å². The zero-order chi connectivity index (χ0) is 19.6. The van der Waals surface area contributed by atoms with Gasteiger partial charge in [-0.15, -0.1) is 0 Å². The third-order valence-corrected chi connectivity index (χ3v) is 10.1. The number of piperidine rings is 1. The zero-order valence-electron chi connectivity index (χ0n) is 17.1. The lowest BCUT2D eigenvalue weighted by molar-refractivity contribution is -0.269. The minimum Gasteiger partial charge on any atom is -0.462 e. The molecular formula is C22H33NO5. The Kier molecular flexibility index (Phi) is 3.44. The molecule has 4 aliphatic carbocycles. The van der Waals surface area contributed by atoms with E-state index in [0.717, 1.165) is 32.4 Å². The molecule has 3 heterocycles. The van der Waals surface area contributed by atoms with E-state index in [-0.39, 0.29) is 52.8 Å². The fourth-order valence-electron chi connectivity index (χ4n) is 9.64. The summed E-state index contributed by atoms with van der Waals surface area (Å²) in [5, 5.41) is 23.9. The molecule has 0 amide bonds. The van der Waals surface area contributed by atoms with Crippen molar-refractivity contribution in [1.82, 2.24) is 4.90 Å². The van der Waals surface area contributed by atoms with Crippen LogP contribution in [0.3, 0.4) is 0 Å². The number of carbonyl (C=O) groups is 1. The summed E-state index contributed by atoms with van der Waals surface area (Å²) in [6, 6.07) is 0.0757. The molecule has 3 aliphatic heterocycles. The van der Waals surface area contributed by atoms with Crippen molar-refractivity contribution < 1.29 is 24.5 Å². The predicted molar refractivity (Wildman–Crippen MR) is 100 cm³/mol. The highest BCUT2D eigenvalue weighted by Crippen LogP contribution is 2.77. The van der Waals surface area contributed by atoms with E-state index in [0.29, 0.717) is 12.8 Å². The van der Waals surface area contributed by atoms with Crippen LogP contribution in [-0.4, -0.2) is 71.2 Å². The van der Waals surface area contributed by atoms with Crippen LogP contribution in [-0.2, 0) is 14.3 Å². The number of ether oxygens (including phenoxy) is 2. The van der Waals surface area contributed by atoms with Crippen molar-refractivity contribution in [3.63, 3.8) is 0 Å². The van der Waals surface area contributed by atoms with Crippen molar-refractivity contribution in [2.24, 2.45) is 34.5 Å². The molecule has 3 saturated heterocycles. The van der Waals surface area contributed by atoms with Crippen molar-refractivity contribution in [2.75, 3.05) is 20.2 Å². The molecule has 28 heavy (non-hydrogen) atoms. The third-order valence-electron chi connectivity index (χ3n) is 10.1. The van der Waals surface area contributed by atoms with Gasteiger partial charge in [-0.05, 0) is 50.0 Å². The first kappa shape index (κ1) is 18.1. The molecule has 0 aromatic rings. The topological polar surface area (TPSA) is 79.2 Å². The first-order valence-electron chi connectivity index (χ1n) is 11.2. The normalized spacial score (nSPS) is 61.8. The van der Waals surface area contributed by atoms with Crippen LogP contribution in [0.1, 0.15) is 46.0 Å². The van der Waals surface area contributed by atoms with Crippen molar-refractivity contribution in [3.8, 4) is 0 Å². The number of aliphatic hydroxyl groups excluding tert-OH is 1. The molecule has 9 bridgehead atoms. The Bertz CT molecular complexity index is 730. The predicted octanol–water partition coefficient (Wildman–Crippen LogP) is 1.19. The summed E-state index contributed by atoms with van der Waals surface area (Å²) in [5.41, 5.74) is -1.46. The number of hydrogen-bond donors (Lipinski definition) is 2. The highest BCUT2D eigenvalue weighted by atomic mass is 16.5. The lowest BCUT2D eigenvalue weighted by atomic mass is 9.42. The molecule has 0 radical (unpaired) electrons. The minimum atomic E-state index is -1.17. The Morgan fingerprint density at radius 3 is 2.82 bits per heavy atom. The number of methoxy groups -OCH3 is 1. The Morgan fingerprint density at radius 1 is 1.32 bits per heavy atom. The van der Waals surface area contributed by atoms with Crippen LogP contribution in [0, 0.1) is 34.5 Å². The van der Waals surface area contributed by atoms with Crippen LogP contribution >= 0.6 is 0 Å². The van der Waals surface area contributed by atoms with Gasteiger partial charge in [0, 0.05) is 36.9 Å². The third kappa shape index (κ3) is 1.68. The summed E-state index contributed by atoms with van der Waals surface area (Å²) in [5.74, 6) is -0.969. The first-order chi connectivity index (χ1) is 13.3. The molecule has 1 spiro atoms. The van der Waals surface area contributed by atoms with Gasteiger partial charge in [-0.2, -0.15) is 0 Å². The molecular weight excluding hydrogens is 358 g/mol. The molecule has 6 heteroatoms. The second-order valence-electron chi connectivity index (χ2n) is 10.8. The maximum Gasteiger partial charge on any atom is 0.312 e. The van der Waals surface area contributed by atoms with Crippen LogP contribution in [0.25, 0.3) is 0 Å². The number of carbonyl (C=O) groups excluding carboxylic acids is 1. The molecule has 7 rings (SSSR count). The van der Waals surface area contributed by atoms with Crippen LogP contribution in [0.5, 0.6) is 0 Å². The molecule has 7 aliphatic rings. The summed E-state index contributed by atoms with van der Waals surface area (Å²) in [7, 11) is 1.79. The molecule has 0 aromatic heterocycles. The van der Waals surface area contributed by atoms with E-state index in [1.54, 1.807) is 7.11 Å². The number of likely N-dealkylation sites (tertiary alicyclic amines) is 1. The monoisotopic (exact) mass is 391 g/mol. The standard InChI is InChI=1S/C22H33NO5/c1-4-23-10-20(2)7-6-13(27-3)22-12-9-11-5-8-21(26,14(12)19(25)28-11)15(18(22)23)16(24)17(20)22/h11-18,24,26H,4-10H2,1-3H3/t11-,12+,13-,14+,15-,16+,17-,18+,20-,21+,22-/m0/s1. The smallest absolute Gasteiger partial charge is 0.312 e. The number of nitrogens with zero attached hydrogens (tertiary/aromatic N) is 1. The number of aliphatic hydroxyl groups is 2. The molecule has 7 fully saturated rings. The first-order valence-corrected chi connectivity index (χ1v) is 11.2. The molecule has 0 aromatic carbocycles. The number of hydrogen-bond acceptors (Lipinski definition) is 6. The second kappa shape index (κ2) is 5.32. The fourth-order valence-corrected chi connectivity index (χ4v) is 9.64. The SMILES string of the molecule is CCN1C[C@]2(C)CC[C@H](OC)[C@@]34[C@@H]5C[C@@H]6CC[C@](O)([C@@H]([C@@H](O)[C@@H]23)[C@@H]14)[C@H]5C(=O)O6. The Morgan fingerprint density at radius 2 is 2.11 bits per heavy atom. The summed E-state index contributed by atoms with van der Waals surface area (Å²) in [6.45, 7) is 6.38. The quantitative estimate of drug-likeness (QED) is 0.689. The van der Waals surface area contributed by atoms with Crippen molar-refractivity contribution in [1.29, 1.82) is 0 Å². The van der Waals surface area contributed by atoms with E-state index in [1.165, 1.54) is 0 Å². The summed E-state index contributed by atoms with van der Waals surface area (Å²) < 4.78 is 11.9. The molecule has 4 saturated carbocycles. The summed E-state index contributed by atoms with van der Waals surface area (Å²) in [4.78, 5) is 15.6. The number of esters is 1. The van der Waals surface area contributed by atoms with Gasteiger partial charge >= 0.3 is 5.97 Å². The lowest BCUT2D eigenvalue weighted by Gasteiger charge is -2.69. The van der Waals surface area contributed by atoms with E-state index in [4.69, 9.17) is 9.47 Å². The van der Waals surface area contributed by atoms with E-state index >= 15 is 0 Å². The van der Waals surface area contributed by atoms with Gasteiger partial charge in [0.15, 0.2) is 0 Å². The summed E-state index contributed by atoms with van der Waals surface area (Å²) in [6.07, 6.45) is 3.38.